The standard InChI is InChI=1S/C32H30N2O6/c1-2-39-24-14-10-22(11-15-24)33-27(35)18-40-32(38)20-8-12-23(13-9-20)34-30(36)28-21-16-25(19-6-4-3-5-7-19)26(17-21)29(28)31(34)37/h3-15,21,25-26,28-29H,2,16-18H2,1H3,(H,33,35)/t21-,25-,26+,28+,29-/m0/s1. The van der Waals surface area contributed by atoms with Gasteiger partial charge >= 0.3 is 5.97 Å². The summed E-state index contributed by atoms with van der Waals surface area (Å²) in [7, 11) is 0. The van der Waals surface area contributed by atoms with Crippen LogP contribution in [0.3, 0.4) is 0 Å². The average Bonchev–Trinajstić information content (AvgIpc) is 3.64. The molecule has 204 valence electrons. The topological polar surface area (TPSA) is 102 Å². The van der Waals surface area contributed by atoms with E-state index in [0.29, 0.717) is 29.6 Å². The van der Waals surface area contributed by atoms with Gasteiger partial charge in [-0.05, 0) is 91.6 Å². The van der Waals surface area contributed by atoms with E-state index in [0.717, 1.165) is 12.8 Å². The molecule has 6 rings (SSSR count). The summed E-state index contributed by atoms with van der Waals surface area (Å²) < 4.78 is 10.5. The average molecular weight is 539 g/mol. The molecular formula is C32H30N2O6. The number of esters is 1. The quantitative estimate of drug-likeness (QED) is 0.326. The molecule has 1 saturated heterocycles. The predicted molar refractivity (Wildman–Crippen MR) is 148 cm³/mol. The van der Waals surface area contributed by atoms with Crippen molar-refractivity contribution in [2.45, 2.75) is 25.7 Å². The molecule has 0 radical (unpaired) electrons. The van der Waals surface area contributed by atoms with Crippen LogP contribution in [0.5, 0.6) is 5.75 Å². The SMILES string of the molecule is CCOc1ccc(NC(=O)COC(=O)c2ccc(N3C(=O)[C@@H]4[C@@H]5C[C@@H]([C@@H]4C3=O)[C@H](c3ccccc3)C5)cc2)cc1. The second-order valence-corrected chi connectivity index (χ2v) is 10.6. The van der Waals surface area contributed by atoms with Gasteiger partial charge in [0.25, 0.3) is 5.91 Å². The Morgan fingerprint density at radius 2 is 1.57 bits per heavy atom. The number of nitrogens with zero attached hydrogens (tertiary/aromatic N) is 1. The summed E-state index contributed by atoms with van der Waals surface area (Å²) in [5, 5.41) is 2.67. The monoisotopic (exact) mass is 538 g/mol. The van der Waals surface area contributed by atoms with Gasteiger partial charge in [0, 0.05) is 5.69 Å². The van der Waals surface area contributed by atoms with Gasteiger partial charge in [-0.25, -0.2) is 4.79 Å². The maximum atomic E-state index is 13.5. The predicted octanol–water partition coefficient (Wildman–Crippen LogP) is 4.81. The fourth-order valence-electron chi connectivity index (χ4n) is 6.76. The van der Waals surface area contributed by atoms with Crippen LogP contribution in [-0.4, -0.2) is 36.9 Å². The first-order valence-electron chi connectivity index (χ1n) is 13.7. The number of nitrogens with one attached hydrogen (secondary N) is 1. The molecule has 2 aliphatic carbocycles. The summed E-state index contributed by atoms with van der Waals surface area (Å²) in [5.41, 5.74) is 2.47. The van der Waals surface area contributed by atoms with Gasteiger partial charge in [-0.15, -0.1) is 0 Å². The minimum Gasteiger partial charge on any atom is -0.494 e. The Morgan fingerprint density at radius 1 is 0.875 bits per heavy atom. The molecule has 0 spiro atoms. The Morgan fingerprint density at radius 3 is 2.27 bits per heavy atom. The van der Waals surface area contributed by atoms with Crippen LogP contribution in [-0.2, 0) is 19.1 Å². The molecule has 8 heteroatoms. The van der Waals surface area contributed by atoms with Gasteiger partial charge in [-0.2, -0.15) is 0 Å². The molecule has 1 N–H and O–H groups in total. The number of hydrogen-bond acceptors (Lipinski definition) is 6. The zero-order chi connectivity index (χ0) is 27.8. The van der Waals surface area contributed by atoms with Crippen LogP contribution in [0.2, 0.25) is 0 Å². The van der Waals surface area contributed by atoms with E-state index in [1.165, 1.54) is 22.6 Å². The van der Waals surface area contributed by atoms with Crippen molar-refractivity contribution in [2.24, 2.45) is 23.7 Å². The summed E-state index contributed by atoms with van der Waals surface area (Å²) in [6.07, 6.45) is 1.84. The summed E-state index contributed by atoms with van der Waals surface area (Å²) in [6, 6.07) is 23.3. The number of carbonyl (C=O) groups excluding carboxylic acids is 4. The molecular weight excluding hydrogens is 508 g/mol. The number of carbonyl (C=O) groups is 4. The Balaban J connectivity index is 1.07. The Hall–Kier alpha value is -4.46. The Bertz CT molecular complexity index is 1440. The molecule has 0 unspecified atom stereocenters. The smallest absolute Gasteiger partial charge is 0.338 e. The van der Waals surface area contributed by atoms with E-state index in [1.807, 2.05) is 25.1 Å². The van der Waals surface area contributed by atoms with Gasteiger partial charge in [0.1, 0.15) is 5.75 Å². The highest BCUT2D eigenvalue weighted by Crippen LogP contribution is 2.61. The van der Waals surface area contributed by atoms with Crippen molar-refractivity contribution >= 4 is 35.1 Å². The molecule has 3 amide bonds. The Kier molecular flexibility index (Phi) is 6.84. The number of benzene rings is 3. The molecule has 40 heavy (non-hydrogen) atoms. The van der Waals surface area contributed by atoms with E-state index >= 15 is 0 Å². The molecule has 3 aliphatic rings. The lowest BCUT2D eigenvalue weighted by molar-refractivity contribution is -0.123. The van der Waals surface area contributed by atoms with Crippen molar-refractivity contribution in [2.75, 3.05) is 23.4 Å². The largest absolute Gasteiger partial charge is 0.494 e. The highest BCUT2D eigenvalue weighted by molar-refractivity contribution is 6.22. The lowest BCUT2D eigenvalue weighted by Gasteiger charge is -2.28. The van der Waals surface area contributed by atoms with Gasteiger partial charge in [0.15, 0.2) is 6.61 Å². The first-order chi connectivity index (χ1) is 19.4. The summed E-state index contributed by atoms with van der Waals surface area (Å²) >= 11 is 0. The number of fused-ring (bicyclic) bond motifs is 5. The number of imide groups is 1. The first-order valence-corrected chi connectivity index (χ1v) is 13.7. The minimum atomic E-state index is -0.673. The second-order valence-electron chi connectivity index (χ2n) is 10.6. The van der Waals surface area contributed by atoms with Crippen molar-refractivity contribution in [3.8, 4) is 5.75 Å². The van der Waals surface area contributed by atoms with Crippen LogP contribution >= 0.6 is 0 Å². The van der Waals surface area contributed by atoms with Gasteiger partial charge < -0.3 is 14.8 Å². The molecule has 1 heterocycles. The van der Waals surface area contributed by atoms with Crippen LogP contribution in [0.4, 0.5) is 11.4 Å². The molecule has 3 fully saturated rings. The van der Waals surface area contributed by atoms with Crippen molar-refractivity contribution in [3.05, 3.63) is 90.0 Å². The minimum absolute atomic E-state index is 0.143. The van der Waals surface area contributed by atoms with Crippen LogP contribution in [0.1, 0.15) is 41.6 Å². The van der Waals surface area contributed by atoms with Gasteiger partial charge in [0.2, 0.25) is 11.8 Å². The maximum absolute atomic E-state index is 13.5. The fourth-order valence-corrected chi connectivity index (χ4v) is 6.76. The highest BCUT2D eigenvalue weighted by Gasteiger charge is 2.64. The van der Waals surface area contributed by atoms with E-state index in [2.05, 4.69) is 17.4 Å². The van der Waals surface area contributed by atoms with E-state index in [4.69, 9.17) is 9.47 Å². The molecule has 1 aliphatic heterocycles. The third-order valence-electron chi connectivity index (χ3n) is 8.39. The van der Waals surface area contributed by atoms with Crippen LogP contribution in [0.25, 0.3) is 0 Å². The zero-order valence-electron chi connectivity index (χ0n) is 22.1. The fraction of sp³-hybridized carbons (Fsp3) is 0.312. The van der Waals surface area contributed by atoms with Crippen LogP contribution in [0, 0.1) is 23.7 Å². The third-order valence-corrected chi connectivity index (χ3v) is 8.39. The number of anilines is 2. The number of hydrogen-bond donors (Lipinski definition) is 1. The van der Waals surface area contributed by atoms with Crippen molar-refractivity contribution in [1.82, 2.24) is 0 Å². The molecule has 0 aromatic heterocycles. The second kappa shape index (κ2) is 10.6. The van der Waals surface area contributed by atoms with Gasteiger partial charge in [-0.3, -0.25) is 19.3 Å². The maximum Gasteiger partial charge on any atom is 0.338 e. The lowest BCUT2D eigenvalue weighted by atomic mass is 9.73. The van der Waals surface area contributed by atoms with Gasteiger partial charge in [0.05, 0.1) is 29.7 Å². The normalized spacial score (nSPS) is 24.6. The van der Waals surface area contributed by atoms with Crippen LogP contribution in [0.15, 0.2) is 78.9 Å². The van der Waals surface area contributed by atoms with Crippen molar-refractivity contribution in [1.29, 1.82) is 0 Å². The van der Waals surface area contributed by atoms with Crippen LogP contribution < -0.4 is 15.0 Å². The molecule has 2 bridgehead atoms. The molecule has 5 atom stereocenters. The first kappa shape index (κ1) is 25.8. The summed E-state index contributed by atoms with van der Waals surface area (Å²) in [5.74, 6) is -0.629. The highest BCUT2D eigenvalue weighted by atomic mass is 16.5. The number of rotatable bonds is 8. The van der Waals surface area contributed by atoms with Crippen molar-refractivity contribution < 1.29 is 28.7 Å². The number of ether oxygens (including phenoxy) is 2. The Labute approximate surface area is 232 Å². The molecule has 8 nitrogen and oxygen atoms in total. The molecule has 3 aromatic carbocycles. The van der Waals surface area contributed by atoms with Gasteiger partial charge in [-0.1, -0.05) is 30.3 Å². The summed E-state index contributed by atoms with van der Waals surface area (Å²) in [4.78, 5) is 53.0. The number of amides is 3. The summed E-state index contributed by atoms with van der Waals surface area (Å²) in [6.45, 7) is 1.98. The van der Waals surface area contributed by atoms with E-state index < -0.39 is 18.5 Å². The van der Waals surface area contributed by atoms with Crippen molar-refractivity contribution in [3.63, 3.8) is 0 Å². The third kappa shape index (κ3) is 4.63. The zero-order valence-corrected chi connectivity index (χ0v) is 22.1. The van der Waals surface area contributed by atoms with E-state index in [9.17, 15) is 19.2 Å². The van der Waals surface area contributed by atoms with E-state index in [1.54, 1.807) is 36.4 Å². The lowest BCUT2D eigenvalue weighted by Crippen LogP contribution is -2.33. The molecule has 3 aromatic rings. The van der Waals surface area contributed by atoms with E-state index in [-0.39, 0.29) is 41.0 Å². The molecule has 2 saturated carbocycles.